The Morgan fingerprint density at radius 2 is 1.68 bits per heavy atom. The Morgan fingerprint density at radius 3 is 2.41 bits per heavy atom. The molecule has 3 aliphatic heterocycles. The summed E-state index contributed by atoms with van der Waals surface area (Å²) in [6.07, 6.45) is 3.54. The summed E-state index contributed by atoms with van der Waals surface area (Å²) in [5, 5.41) is 4.72. The second kappa shape index (κ2) is 19.7. The highest BCUT2D eigenvalue weighted by Crippen LogP contribution is 2.44. The maximum atomic E-state index is 14.4. The van der Waals surface area contributed by atoms with Gasteiger partial charge in [-0.05, 0) is 76.6 Å². The lowest BCUT2D eigenvalue weighted by Crippen LogP contribution is -2.43. The number of alkyl carbamates (subject to hydrolysis) is 1. The van der Waals surface area contributed by atoms with Crippen LogP contribution in [-0.4, -0.2) is 94.8 Å². The van der Waals surface area contributed by atoms with E-state index >= 15 is 0 Å². The minimum atomic E-state index is -0.940. The van der Waals surface area contributed by atoms with Gasteiger partial charge in [0.25, 0.3) is 5.91 Å². The van der Waals surface area contributed by atoms with Gasteiger partial charge in [-0.2, -0.15) is 0 Å². The molecule has 0 bridgehead atoms. The van der Waals surface area contributed by atoms with Crippen molar-refractivity contribution in [3.05, 3.63) is 102 Å². The van der Waals surface area contributed by atoms with Gasteiger partial charge in [-0.3, -0.25) is 9.59 Å². The van der Waals surface area contributed by atoms with Crippen molar-refractivity contribution in [2.45, 2.75) is 71.2 Å². The first-order valence-electron chi connectivity index (χ1n) is 22.5. The van der Waals surface area contributed by atoms with Crippen LogP contribution in [0.1, 0.15) is 87.4 Å². The highest BCUT2D eigenvalue weighted by atomic mass is 16.5. The summed E-state index contributed by atoms with van der Waals surface area (Å²) in [6, 6.07) is 22.6. The van der Waals surface area contributed by atoms with Crippen LogP contribution in [-0.2, 0) is 30.4 Å². The Kier molecular flexibility index (Phi) is 13.6. The molecule has 6 aromatic rings. The van der Waals surface area contributed by atoms with Gasteiger partial charge in [0.2, 0.25) is 5.91 Å². The van der Waals surface area contributed by atoms with Crippen LogP contribution in [0.25, 0.3) is 44.2 Å². The second-order valence-corrected chi connectivity index (χ2v) is 17.7. The van der Waals surface area contributed by atoms with E-state index in [0.717, 1.165) is 80.7 Å². The number of methoxy groups -OCH3 is 3. The van der Waals surface area contributed by atoms with Crippen molar-refractivity contribution in [1.82, 2.24) is 35.1 Å². The van der Waals surface area contributed by atoms with Gasteiger partial charge in [-0.25, -0.2) is 19.6 Å². The predicted octanol–water partition coefficient (Wildman–Crippen LogP) is 8.36. The van der Waals surface area contributed by atoms with Crippen LogP contribution < -0.4 is 15.8 Å². The summed E-state index contributed by atoms with van der Waals surface area (Å²) in [4.78, 5) is 70.4. The van der Waals surface area contributed by atoms with Crippen LogP contribution in [0.2, 0.25) is 0 Å². The second-order valence-electron chi connectivity index (χ2n) is 17.7. The zero-order valence-corrected chi connectivity index (χ0v) is 38.3. The number of imidazole rings is 2. The maximum Gasteiger partial charge on any atom is 0.407 e. The molecule has 4 unspecified atom stereocenters. The van der Waals surface area contributed by atoms with Gasteiger partial charge in [0.1, 0.15) is 30.0 Å². The smallest absolute Gasteiger partial charge is 0.407 e. The molecule has 6 atom stereocenters. The lowest BCUT2D eigenvalue weighted by atomic mass is 9.92. The van der Waals surface area contributed by atoms with E-state index in [9.17, 15) is 19.2 Å². The molecule has 66 heavy (non-hydrogen) atoms. The molecule has 2 fully saturated rings. The highest BCUT2D eigenvalue weighted by Gasteiger charge is 2.42. The number of carbonyl (C=O) groups is 4. The topological polar surface area (TPSA) is 207 Å². The Balaban J connectivity index is 0.00000112. The van der Waals surface area contributed by atoms with Crippen LogP contribution in [0.4, 0.5) is 9.59 Å². The van der Waals surface area contributed by atoms with Gasteiger partial charge < -0.3 is 49.8 Å². The molecule has 5 heterocycles. The summed E-state index contributed by atoms with van der Waals surface area (Å²) >= 11 is 0. The van der Waals surface area contributed by atoms with Crippen LogP contribution in [0.5, 0.6) is 5.75 Å². The van der Waals surface area contributed by atoms with Crippen molar-refractivity contribution >= 4 is 45.8 Å². The number of nitrogens with two attached hydrogens (primary N) is 1. The molecule has 2 saturated heterocycles. The normalized spacial score (nSPS) is 19.5. The zero-order valence-electron chi connectivity index (χ0n) is 38.3. The average molecular weight is 899 g/mol. The lowest BCUT2D eigenvalue weighted by molar-refractivity contribution is -0.135. The SMILES string of the molecule is CC[C@H](C)CC(=O)N1CC(C)CC1c1ncc(-c2ccc3c(c2)COc2cc4c(ccc5[nH]c([C@@H]6CC(COC)CN6C(=O)C(NC(=O)OC)c6ccccc6)nc54)cc2-3)[nH]1.COC(N)=O. The standard InChI is InChI=1S/C48H53N7O6.C2H5NO2/c1-6-27(2)17-42(56)54-23-28(3)16-39(54)45-49-22-38(51-45)32-12-14-34-33(19-32)26-61-41-21-35-31(20-36(34)41)13-15-37-44(35)52-46(50-37)40-18-29(25-59-4)24-55(40)47(57)43(53-48(58)60-5)30-10-8-7-9-11-30;1-5-2(3)4/h7-15,19-22,27-29,39-40,43H,6,16-18,23-26H2,1-5H3,(H,49,51)(H,50,52)(H,53,58);1H3,(H2,3,4)/t27-,28?,29?,39?,40-,43?;/m0./s1. The van der Waals surface area contributed by atoms with E-state index in [-0.39, 0.29) is 29.8 Å². The van der Waals surface area contributed by atoms with Crippen LogP contribution in [0.15, 0.2) is 79.0 Å². The third-order valence-electron chi connectivity index (χ3n) is 13.1. The van der Waals surface area contributed by atoms with Crippen molar-refractivity contribution in [3.8, 4) is 28.1 Å². The van der Waals surface area contributed by atoms with Gasteiger partial charge in [-0.15, -0.1) is 0 Å². The predicted molar refractivity (Wildman–Crippen MR) is 249 cm³/mol. The molecule has 4 amide bonds. The number of hydrogen-bond acceptors (Lipinski definition) is 10. The molecule has 0 aliphatic carbocycles. The van der Waals surface area contributed by atoms with Crippen molar-refractivity contribution in [2.75, 3.05) is 41.0 Å². The third kappa shape index (κ3) is 9.41. The zero-order chi connectivity index (χ0) is 46.6. The fraction of sp³-hybridized carbons (Fsp3) is 0.400. The summed E-state index contributed by atoms with van der Waals surface area (Å²) in [5.74, 6) is 3.10. The Hall–Kier alpha value is -6.94. The quantitative estimate of drug-likeness (QED) is 0.0977. The first-order valence-corrected chi connectivity index (χ1v) is 22.5. The highest BCUT2D eigenvalue weighted by molar-refractivity contribution is 6.07. The summed E-state index contributed by atoms with van der Waals surface area (Å²) in [6.45, 7) is 8.57. The van der Waals surface area contributed by atoms with Gasteiger partial charge in [0.15, 0.2) is 0 Å². The summed E-state index contributed by atoms with van der Waals surface area (Å²) < 4.78 is 20.8. The van der Waals surface area contributed by atoms with E-state index in [1.54, 1.807) is 12.0 Å². The van der Waals surface area contributed by atoms with Crippen LogP contribution in [0.3, 0.4) is 0 Å². The molecule has 0 saturated carbocycles. The molecule has 5 N–H and O–H groups in total. The Morgan fingerprint density at radius 1 is 0.909 bits per heavy atom. The van der Waals surface area contributed by atoms with Crippen molar-refractivity contribution in [2.24, 2.45) is 23.5 Å². The average Bonchev–Trinajstić information content (AvgIpc) is 4.16. The number of ether oxygens (including phenoxy) is 4. The monoisotopic (exact) mass is 898 g/mol. The van der Waals surface area contributed by atoms with E-state index in [0.29, 0.717) is 55.8 Å². The number of hydrogen-bond donors (Lipinski definition) is 4. The minimum absolute atomic E-state index is 0.0482. The number of primary amides is 1. The number of carbonyl (C=O) groups excluding carboxylic acids is 4. The number of nitrogens with zero attached hydrogens (tertiary/aromatic N) is 4. The number of fused-ring (bicyclic) bond motifs is 6. The van der Waals surface area contributed by atoms with Crippen LogP contribution >= 0.6 is 0 Å². The van der Waals surface area contributed by atoms with Crippen LogP contribution in [0, 0.1) is 17.8 Å². The fourth-order valence-corrected chi connectivity index (χ4v) is 9.48. The van der Waals surface area contributed by atoms with Crippen molar-refractivity contribution in [1.29, 1.82) is 0 Å². The fourth-order valence-electron chi connectivity index (χ4n) is 9.48. The molecule has 3 aliphatic rings. The van der Waals surface area contributed by atoms with E-state index in [1.807, 2.05) is 47.5 Å². The molecule has 346 valence electrons. The molecule has 2 aromatic heterocycles. The molecule has 0 radical (unpaired) electrons. The molecule has 0 spiro atoms. The van der Waals surface area contributed by atoms with Gasteiger partial charge in [0, 0.05) is 43.5 Å². The maximum absolute atomic E-state index is 14.4. The number of aromatic amines is 2. The number of rotatable bonds is 11. The Bertz CT molecular complexity index is 2740. The number of likely N-dealkylation sites (tertiary alicyclic amines) is 2. The van der Waals surface area contributed by atoms with Gasteiger partial charge in [0.05, 0.1) is 55.8 Å². The molecule has 9 rings (SSSR count). The van der Waals surface area contributed by atoms with E-state index < -0.39 is 18.2 Å². The lowest BCUT2D eigenvalue weighted by Gasteiger charge is -2.28. The number of aromatic nitrogens is 4. The van der Waals surface area contributed by atoms with E-state index in [2.05, 4.69) is 82.9 Å². The molecule has 16 heteroatoms. The molecule has 4 aromatic carbocycles. The van der Waals surface area contributed by atoms with Crippen molar-refractivity contribution < 1.29 is 38.1 Å². The van der Waals surface area contributed by atoms with Crippen molar-refractivity contribution in [3.63, 3.8) is 0 Å². The summed E-state index contributed by atoms with van der Waals surface area (Å²) in [7, 11) is 4.17. The molecule has 16 nitrogen and oxygen atoms in total. The Labute approximate surface area is 383 Å². The number of benzene rings is 4. The number of H-pyrrole nitrogens is 2. The third-order valence-corrected chi connectivity index (χ3v) is 13.1. The first-order chi connectivity index (χ1) is 31.9. The molecular weight excluding hydrogens is 841 g/mol. The number of amides is 4. The summed E-state index contributed by atoms with van der Waals surface area (Å²) in [5.41, 5.74) is 11.9. The first kappa shape index (κ1) is 45.6. The van der Waals surface area contributed by atoms with Gasteiger partial charge in [-0.1, -0.05) is 75.7 Å². The van der Waals surface area contributed by atoms with E-state index in [1.165, 1.54) is 14.2 Å². The van der Waals surface area contributed by atoms with Gasteiger partial charge >= 0.3 is 12.2 Å². The molecular formula is C50H58N8O8. The van der Waals surface area contributed by atoms with E-state index in [4.69, 9.17) is 24.2 Å². The number of nitrogens with one attached hydrogen (secondary N) is 3. The minimum Gasteiger partial charge on any atom is -0.488 e. The largest absolute Gasteiger partial charge is 0.488 e.